The molecule has 1 saturated heterocycles. The summed E-state index contributed by atoms with van der Waals surface area (Å²) in [6.45, 7) is 0. The van der Waals surface area contributed by atoms with Gasteiger partial charge < -0.3 is 5.32 Å². The van der Waals surface area contributed by atoms with Crippen molar-refractivity contribution in [3.63, 3.8) is 0 Å². The first-order valence-corrected chi connectivity index (χ1v) is 4.16. The Morgan fingerprint density at radius 2 is 2.08 bits per heavy atom. The van der Waals surface area contributed by atoms with Crippen LogP contribution in [-0.4, -0.2) is 17.8 Å². The van der Waals surface area contributed by atoms with Crippen LogP contribution in [0.2, 0.25) is 0 Å². The Bertz CT molecular complexity index is 238. The highest BCUT2D eigenvalue weighted by Crippen LogP contribution is 2.01. The zero-order valence-corrected chi connectivity index (χ0v) is 7.15. The summed E-state index contributed by atoms with van der Waals surface area (Å²) in [6, 6.07) is -0.461. The standard InChI is InChI=1S/C7H9ClN2O2/c8-4-2-1-3-5-6(11)10-7(12)9-5/h3H,1-2,4H2,(H2,9,10,11,12)/b5-3-. The minimum Gasteiger partial charge on any atom is -0.303 e. The molecule has 0 aromatic heterocycles. The number of carbonyl (C=O) groups excluding carboxylic acids is 2. The molecule has 0 atom stereocenters. The Kier molecular flexibility index (Phi) is 3.10. The molecular formula is C7H9ClN2O2. The van der Waals surface area contributed by atoms with E-state index in [1.54, 1.807) is 6.08 Å². The van der Waals surface area contributed by atoms with Gasteiger partial charge in [-0.1, -0.05) is 6.08 Å². The van der Waals surface area contributed by atoms with Crippen molar-refractivity contribution in [3.8, 4) is 0 Å². The Hall–Kier alpha value is -1.03. The molecule has 5 heteroatoms. The summed E-state index contributed by atoms with van der Waals surface area (Å²) < 4.78 is 0. The molecule has 0 radical (unpaired) electrons. The quantitative estimate of drug-likeness (QED) is 0.297. The molecule has 0 aromatic rings. The third-order valence-corrected chi connectivity index (χ3v) is 1.67. The number of allylic oxidation sites excluding steroid dienone is 1. The van der Waals surface area contributed by atoms with Crippen LogP contribution >= 0.6 is 11.6 Å². The summed E-state index contributed by atoms with van der Waals surface area (Å²) >= 11 is 5.43. The number of hydrogen-bond donors (Lipinski definition) is 2. The van der Waals surface area contributed by atoms with Crippen LogP contribution in [0.25, 0.3) is 0 Å². The molecule has 1 fully saturated rings. The summed E-state index contributed by atoms with van der Waals surface area (Å²) in [5.74, 6) is 0.189. The minimum absolute atomic E-state index is 0.324. The van der Waals surface area contributed by atoms with Gasteiger partial charge in [0.2, 0.25) is 0 Å². The first-order chi connectivity index (χ1) is 5.74. The number of rotatable bonds is 3. The fourth-order valence-electron chi connectivity index (χ4n) is 0.848. The number of unbranched alkanes of at least 4 members (excludes halogenated alkanes) is 1. The predicted octanol–water partition coefficient (Wildman–Crippen LogP) is 0.729. The lowest BCUT2D eigenvalue weighted by Gasteiger charge is -1.91. The third-order valence-electron chi connectivity index (χ3n) is 1.41. The van der Waals surface area contributed by atoms with Gasteiger partial charge in [-0.2, -0.15) is 0 Å². The van der Waals surface area contributed by atoms with E-state index in [0.29, 0.717) is 18.0 Å². The Labute approximate surface area is 75.0 Å². The normalized spacial score (nSPS) is 19.6. The van der Waals surface area contributed by atoms with Gasteiger partial charge in [0.1, 0.15) is 5.70 Å². The summed E-state index contributed by atoms with van der Waals surface area (Å²) in [4.78, 5) is 21.5. The maximum absolute atomic E-state index is 10.9. The molecule has 3 amide bonds. The van der Waals surface area contributed by atoms with Crippen molar-refractivity contribution < 1.29 is 9.59 Å². The van der Waals surface area contributed by atoms with Gasteiger partial charge in [0.15, 0.2) is 0 Å². The van der Waals surface area contributed by atoms with Gasteiger partial charge in [0, 0.05) is 5.88 Å². The topological polar surface area (TPSA) is 58.2 Å². The van der Waals surface area contributed by atoms with Crippen molar-refractivity contribution in [1.29, 1.82) is 0 Å². The fourth-order valence-corrected chi connectivity index (χ4v) is 1.00. The van der Waals surface area contributed by atoms with Gasteiger partial charge in [-0.05, 0) is 12.8 Å². The number of alkyl halides is 1. The molecule has 1 heterocycles. The van der Waals surface area contributed by atoms with Crippen molar-refractivity contribution in [2.45, 2.75) is 12.8 Å². The van der Waals surface area contributed by atoms with Crippen molar-refractivity contribution in [3.05, 3.63) is 11.8 Å². The maximum Gasteiger partial charge on any atom is 0.326 e. The average Bonchev–Trinajstić information content (AvgIpc) is 2.31. The average molecular weight is 189 g/mol. The molecule has 1 rings (SSSR count). The summed E-state index contributed by atoms with van der Waals surface area (Å²) in [7, 11) is 0. The summed E-state index contributed by atoms with van der Waals surface area (Å²) in [6.07, 6.45) is 3.17. The van der Waals surface area contributed by atoms with E-state index in [1.165, 1.54) is 0 Å². The maximum atomic E-state index is 10.9. The van der Waals surface area contributed by atoms with Crippen LogP contribution in [0, 0.1) is 0 Å². The van der Waals surface area contributed by atoms with Crippen molar-refractivity contribution >= 4 is 23.5 Å². The van der Waals surface area contributed by atoms with E-state index in [1.807, 2.05) is 0 Å². The first-order valence-electron chi connectivity index (χ1n) is 3.62. The Morgan fingerprint density at radius 3 is 2.58 bits per heavy atom. The highest BCUT2D eigenvalue weighted by Gasteiger charge is 2.21. The van der Waals surface area contributed by atoms with Gasteiger partial charge in [-0.3, -0.25) is 10.1 Å². The van der Waals surface area contributed by atoms with E-state index in [4.69, 9.17) is 11.6 Å². The van der Waals surface area contributed by atoms with Crippen LogP contribution in [0.15, 0.2) is 11.8 Å². The molecule has 0 bridgehead atoms. The smallest absolute Gasteiger partial charge is 0.303 e. The highest BCUT2D eigenvalue weighted by molar-refractivity contribution is 6.17. The SMILES string of the molecule is O=C1NC(=O)/C(=C/CCCCl)N1. The Morgan fingerprint density at radius 1 is 1.33 bits per heavy atom. The molecule has 2 N–H and O–H groups in total. The van der Waals surface area contributed by atoms with Crippen molar-refractivity contribution in [1.82, 2.24) is 10.6 Å². The molecule has 4 nitrogen and oxygen atoms in total. The van der Waals surface area contributed by atoms with E-state index in [-0.39, 0.29) is 5.91 Å². The van der Waals surface area contributed by atoms with Crippen LogP contribution in [0.1, 0.15) is 12.8 Å². The lowest BCUT2D eigenvalue weighted by Crippen LogP contribution is -2.22. The second kappa shape index (κ2) is 4.11. The van der Waals surface area contributed by atoms with Crippen molar-refractivity contribution in [2.24, 2.45) is 0 Å². The molecule has 0 spiro atoms. The molecule has 12 heavy (non-hydrogen) atoms. The van der Waals surface area contributed by atoms with Crippen molar-refractivity contribution in [2.75, 3.05) is 5.88 Å². The van der Waals surface area contributed by atoms with E-state index < -0.39 is 6.03 Å². The number of halogens is 1. The van der Waals surface area contributed by atoms with Crippen LogP contribution < -0.4 is 10.6 Å². The van der Waals surface area contributed by atoms with Crippen LogP contribution in [0.4, 0.5) is 4.79 Å². The number of amides is 3. The molecule has 0 unspecified atom stereocenters. The molecule has 0 aromatic carbocycles. The first kappa shape index (κ1) is 9.06. The van der Waals surface area contributed by atoms with Gasteiger partial charge in [-0.15, -0.1) is 11.6 Å². The number of urea groups is 1. The summed E-state index contributed by atoms with van der Waals surface area (Å²) in [5, 5.41) is 4.48. The largest absolute Gasteiger partial charge is 0.326 e. The highest BCUT2D eigenvalue weighted by atomic mass is 35.5. The monoisotopic (exact) mass is 188 g/mol. The fraction of sp³-hybridized carbons (Fsp3) is 0.429. The van der Waals surface area contributed by atoms with E-state index in [2.05, 4.69) is 10.6 Å². The van der Waals surface area contributed by atoms with E-state index in [9.17, 15) is 9.59 Å². The van der Waals surface area contributed by atoms with Gasteiger partial charge in [-0.25, -0.2) is 4.79 Å². The van der Waals surface area contributed by atoms with E-state index in [0.717, 1.165) is 6.42 Å². The zero-order chi connectivity index (χ0) is 8.97. The predicted molar refractivity (Wildman–Crippen MR) is 44.7 cm³/mol. The molecule has 66 valence electrons. The van der Waals surface area contributed by atoms with E-state index >= 15 is 0 Å². The van der Waals surface area contributed by atoms with Gasteiger partial charge in [0.05, 0.1) is 0 Å². The molecule has 0 saturated carbocycles. The Balaban J connectivity index is 2.46. The molecular weight excluding hydrogens is 180 g/mol. The third kappa shape index (κ3) is 2.23. The number of imide groups is 1. The second-order valence-corrected chi connectivity index (χ2v) is 2.74. The van der Waals surface area contributed by atoms with Gasteiger partial charge >= 0.3 is 6.03 Å². The minimum atomic E-state index is -0.461. The lowest BCUT2D eigenvalue weighted by molar-refractivity contribution is -0.115. The second-order valence-electron chi connectivity index (χ2n) is 2.36. The number of hydrogen-bond acceptors (Lipinski definition) is 2. The molecule has 1 aliphatic rings. The van der Waals surface area contributed by atoms with Crippen LogP contribution in [0.3, 0.4) is 0 Å². The van der Waals surface area contributed by atoms with Crippen LogP contribution in [0.5, 0.6) is 0 Å². The lowest BCUT2D eigenvalue weighted by atomic mass is 10.3. The summed E-state index contributed by atoms with van der Waals surface area (Å²) in [5.41, 5.74) is 0.324. The number of nitrogens with one attached hydrogen (secondary N) is 2. The number of carbonyl (C=O) groups is 2. The molecule has 0 aliphatic carbocycles. The van der Waals surface area contributed by atoms with Crippen LogP contribution in [-0.2, 0) is 4.79 Å². The molecule has 1 aliphatic heterocycles. The zero-order valence-electron chi connectivity index (χ0n) is 6.39. The van der Waals surface area contributed by atoms with Gasteiger partial charge in [0.25, 0.3) is 5.91 Å².